The molecule has 1 aromatic rings. The topological polar surface area (TPSA) is 87.9 Å². The number of hydrogen-bond donors (Lipinski definition) is 2. The minimum absolute atomic E-state index is 0.104. The number of ether oxygens (including phenoxy) is 1. The largest absolute Gasteiger partial charge is 0.497 e. The first kappa shape index (κ1) is 15.9. The monoisotopic (exact) mass is 306 g/mol. The molecule has 1 aliphatic heterocycles. The molecule has 0 aliphatic carbocycles. The number of hydrogen-bond acceptors (Lipinski definition) is 4. The Kier molecular flexibility index (Phi) is 5.08. The van der Waals surface area contributed by atoms with Crippen LogP contribution in [0.15, 0.2) is 24.3 Å². The maximum absolute atomic E-state index is 12.2. The van der Waals surface area contributed by atoms with E-state index in [-0.39, 0.29) is 5.91 Å². The van der Waals surface area contributed by atoms with Gasteiger partial charge in [0.25, 0.3) is 0 Å². The molecular formula is C15H22N4O3. The third-order valence-electron chi connectivity index (χ3n) is 3.76. The molecule has 2 rings (SSSR count). The Labute approximate surface area is 130 Å². The smallest absolute Gasteiger partial charge is 0.312 e. The normalized spacial score (nSPS) is 16.1. The van der Waals surface area contributed by atoms with E-state index in [9.17, 15) is 9.59 Å². The number of nitrogens with two attached hydrogens (primary N) is 1. The fraction of sp³-hybridized carbons (Fsp3) is 0.467. The van der Waals surface area contributed by atoms with Gasteiger partial charge in [0.15, 0.2) is 0 Å². The lowest BCUT2D eigenvalue weighted by molar-refractivity contribution is -0.133. The second-order valence-electron chi connectivity index (χ2n) is 5.24. The van der Waals surface area contributed by atoms with Gasteiger partial charge in [-0.25, -0.2) is 4.79 Å². The molecule has 120 valence electrons. The van der Waals surface area contributed by atoms with Gasteiger partial charge in [-0.05, 0) is 31.2 Å². The Morgan fingerprint density at radius 3 is 2.27 bits per heavy atom. The summed E-state index contributed by atoms with van der Waals surface area (Å²) in [6.07, 6.45) is 0. The van der Waals surface area contributed by atoms with Crippen molar-refractivity contribution in [3.8, 4) is 5.75 Å². The van der Waals surface area contributed by atoms with Crippen molar-refractivity contribution < 1.29 is 14.3 Å². The van der Waals surface area contributed by atoms with Crippen molar-refractivity contribution in [2.24, 2.45) is 5.73 Å². The van der Waals surface area contributed by atoms with Gasteiger partial charge in [0.05, 0.1) is 7.11 Å². The average Bonchev–Trinajstić information content (AvgIpc) is 2.54. The van der Waals surface area contributed by atoms with E-state index in [0.717, 1.165) is 24.5 Å². The van der Waals surface area contributed by atoms with Gasteiger partial charge < -0.3 is 25.6 Å². The second kappa shape index (κ2) is 7.02. The average molecular weight is 306 g/mol. The first-order chi connectivity index (χ1) is 10.5. The third kappa shape index (κ3) is 3.81. The molecule has 1 aliphatic rings. The summed E-state index contributed by atoms with van der Waals surface area (Å²) in [5, 5.41) is 2.42. The molecule has 1 unspecified atom stereocenters. The number of urea groups is 1. The van der Waals surface area contributed by atoms with Crippen LogP contribution in [0.4, 0.5) is 10.5 Å². The summed E-state index contributed by atoms with van der Waals surface area (Å²) in [5.74, 6) is 0.720. The minimum Gasteiger partial charge on any atom is -0.497 e. The SMILES string of the molecule is COc1ccc(N2CCN(C(=O)C(C)NC(N)=O)CC2)cc1. The van der Waals surface area contributed by atoms with Gasteiger partial charge in [0.1, 0.15) is 11.8 Å². The van der Waals surface area contributed by atoms with Crippen LogP contribution in [-0.4, -0.2) is 56.2 Å². The molecule has 1 heterocycles. The zero-order valence-electron chi connectivity index (χ0n) is 12.9. The van der Waals surface area contributed by atoms with Crippen LogP contribution >= 0.6 is 0 Å². The van der Waals surface area contributed by atoms with Gasteiger partial charge in [-0.15, -0.1) is 0 Å². The van der Waals surface area contributed by atoms with Crippen molar-refractivity contribution in [3.63, 3.8) is 0 Å². The predicted molar refractivity (Wildman–Crippen MR) is 84.0 cm³/mol. The zero-order valence-corrected chi connectivity index (χ0v) is 12.9. The third-order valence-corrected chi connectivity index (χ3v) is 3.76. The number of carbonyl (C=O) groups excluding carboxylic acids is 2. The lowest BCUT2D eigenvalue weighted by Crippen LogP contribution is -2.54. The highest BCUT2D eigenvalue weighted by Gasteiger charge is 2.25. The quantitative estimate of drug-likeness (QED) is 0.843. The van der Waals surface area contributed by atoms with Gasteiger partial charge >= 0.3 is 6.03 Å². The highest BCUT2D eigenvalue weighted by atomic mass is 16.5. The van der Waals surface area contributed by atoms with Crippen LogP contribution in [0.3, 0.4) is 0 Å². The highest BCUT2D eigenvalue weighted by molar-refractivity contribution is 5.86. The first-order valence-corrected chi connectivity index (χ1v) is 7.25. The molecular weight excluding hydrogens is 284 g/mol. The standard InChI is InChI=1S/C15H22N4O3/c1-11(17-15(16)21)14(20)19-9-7-18(8-10-19)12-3-5-13(22-2)6-4-12/h3-6,11H,7-10H2,1-2H3,(H3,16,17,21). The van der Waals surface area contributed by atoms with Crippen LogP contribution in [-0.2, 0) is 4.79 Å². The fourth-order valence-corrected chi connectivity index (χ4v) is 2.53. The number of methoxy groups -OCH3 is 1. The van der Waals surface area contributed by atoms with Crippen molar-refractivity contribution in [3.05, 3.63) is 24.3 Å². The van der Waals surface area contributed by atoms with Crippen LogP contribution in [0.2, 0.25) is 0 Å². The highest BCUT2D eigenvalue weighted by Crippen LogP contribution is 2.20. The number of benzene rings is 1. The molecule has 7 nitrogen and oxygen atoms in total. The van der Waals surface area contributed by atoms with Crippen LogP contribution < -0.4 is 20.7 Å². The van der Waals surface area contributed by atoms with Gasteiger partial charge in [-0.3, -0.25) is 4.79 Å². The summed E-state index contributed by atoms with van der Waals surface area (Å²) in [4.78, 5) is 27.0. The van der Waals surface area contributed by atoms with Crippen molar-refractivity contribution in [1.29, 1.82) is 0 Å². The van der Waals surface area contributed by atoms with Gasteiger partial charge in [0, 0.05) is 31.9 Å². The minimum atomic E-state index is -0.683. The maximum Gasteiger partial charge on any atom is 0.312 e. The van der Waals surface area contributed by atoms with Crippen LogP contribution in [0.5, 0.6) is 5.75 Å². The summed E-state index contributed by atoms with van der Waals surface area (Å²) in [5.41, 5.74) is 6.15. The lowest BCUT2D eigenvalue weighted by atomic mass is 10.2. The van der Waals surface area contributed by atoms with E-state index in [1.165, 1.54) is 0 Å². The summed E-state index contributed by atoms with van der Waals surface area (Å²) in [7, 11) is 1.64. The second-order valence-corrected chi connectivity index (χ2v) is 5.24. The number of nitrogens with one attached hydrogen (secondary N) is 1. The number of nitrogens with zero attached hydrogens (tertiary/aromatic N) is 2. The predicted octanol–water partition coefficient (Wildman–Crippen LogP) is 0.401. The number of anilines is 1. The summed E-state index contributed by atoms with van der Waals surface area (Å²) in [6.45, 7) is 4.39. The van der Waals surface area contributed by atoms with E-state index < -0.39 is 12.1 Å². The van der Waals surface area contributed by atoms with E-state index in [4.69, 9.17) is 10.5 Å². The number of primary amides is 1. The number of carbonyl (C=O) groups is 2. The zero-order chi connectivity index (χ0) is 16.1. The Hall–Kier alpha value is -2.44. The van der Waals surface area contributed by atoms with Gasteiger partial charge in [-0.2, -0.15) is 0 Å². The Balaban J connectivity index is 1.89. The van der Waals surface area contributed by atoms with Crippen LogP contribution in [0.25, 0.3) is 0 Å². The Morgan fingerprint density at radius 2 is 1.77 bits per heavy atom. The summed E-state index contributed by atoms with van der Waals surface area (Å²) < 4.78 is 5.15. The van der Waals surface area contributed by atoms with Crippen molar-refractivity contribution >= 4 is 17.6 Å². The molecule has 0 bridgehead atoms. The number of amides is 3. The van der Waals surface area contributed by atoms with Crippen molar-refractivity contribution in [2.75, 3.05) is 38.2 Å². The molecule has 0 saturated carbocycles. The molecule has 0 aromatic heterocycles. The lowest BCUT2D eigenvalue weighted by Gasteiger charge is -2.37. The van der Waals surface area contributed by atoms with Crippen molar-refractivity contribution in [2.45, 2.75) is 13.0 Å². The molecule has 1 atom stereocenters. The summed E-state index contributed by atoms with van der Waals surface area (Å²) in [6, 6.07) is 6.58. The fourth-order valence-electron chi connectivity index (χ4n) is 2.53. The van der Waals surface area contributed by atoms with E-state index in [0.29, 0.717) is 13.1 Å². The van der Waals surface area contributed by atoms with E-state index in [1.807, 2.05) is 24.3 Å². The summed E-state index contributed by atoms with van der Waals surface area (Å²) >= 11 is 0. The van der Waals surface area contributed by atoms with E-state index in [1.54, 1.807) is 18.9 Å². The Bertz CT molecular complexity index is 524. The van der Waals surface area contributed by atoms with E-state index in [2.05, 4.69) is 10.2 Å². The van der Waals surface area contributed by atoms with E-state index >= 15 is 0 Å². The molecule has 3 N–H and O–H groups in total. The molecule has 7 heteroatoms. The molecule has 0 spiro atoms. The van der Waals surface area contributed by atoms with Crippen LogP contribution in [0, 0.1) is 0 Å². The number of rotatable bonds is 4. The number of piperazine rings is 1. The molecule has 0 radical (unpaired) electrons. The molecule has 1 saturated heterocycles. The van der Waals surface area contributed by atoms with Crippen LogP contribution in [0.1, 0.15) is 6.92 Å². The van der Waals surface area contributed by atoms with Gasteiger partial charge in [0.2, 0.25) is 5.91 Å². The molecule has 22 heavy (non-hydrogen) atoms. The first-order valence-electron chi connectivity index (χ1n) is 7.25. The molecule has 1 aromatic carbocycles. The maximum atomic E-state index is 12.2. The van der Waals surface area contributed by atoms with Gasteiger partial charge in [-0.1, -0.05) is 0 Å². The molecule has 1 fully saturated rings. The van der Waals surface area contributed by atoms with Crippen molar-refractivity contribution in [1.82, 2.24) is 10.2 Å². The Morgan fingerprint density at radius 1 is 1.18 bits per heavy atom. The molecule has 3 amide bonds.